The average molecular weight is 312 g/mol. The minimum absolute atomic E-state index is 0.171. The van der Waals surface area contributed by atoms with Crippen LogP contribution in [0.1, 0.15) is 45.2 Å². The third-order valence-electron chi connectivity index (χ3n) is 2.99. The van der Waals surface area contributed by atoms with Crippen molar-refractivity contribution in [2.45, 2.75) is 39.7 Å². The molecular formula is C17H26ClNO2. The van der Waals surface area contributed by atoms with Gasteiger partial charge in [0, 0.05) is 17.6 Å². The zero-order valence-electron chi connectivity index (χ0n) is 13.2. The highest BCUT2D eigenvalue weighted by Gasteiger charge is 2.11. The highest BCUT2D eigenvalue weighted by Crippen LogP contribution is 2.31. The Labute approximate surface area is 133 Å². The molecule has 1 atom stereocenters. The monoisotopic (exact) mass is 311 g/mol. The highest BCUT2D eigenvalue weighted by atomic mass is 35.5. The van der Waals surface area contributed by atoms with Gasteiger partial charge in [-0.2, -0.15) is 0 Å². The molecule has 1 N–H and O–H groups in total. The van der Waals surface area contributed by atoms with Gasteiger partial charge in [-0.3, -0.25) is 0 Å². The van der Waals surface area contributed by atoms with Crippen molar-refractivity contribution in [1.82, 2.24) is 5.32 Å². The van der Waals surface area contributed by atoms with E-state index in [4.69, 9.17) is 21.1 Å². The molecule has 0 fully saturated rings. The van der Waals surface area contributed by atoms with Gasteiger partial charge in [0.25, 0.3) is 0 Å². The number of halogens is 1. The lowest BCUT2D eigenvalue weighted by Crippen LogP contribution is -2.19. The number of benzene rings is 1. The van der Waals surface area contributed by atoms with Gasteiger partial charge in [0.2, 0.25) is 0 Å². The molecule has 3 nitrogen and oxygen atoms in total. The quantitative estimate of drug-likeness (QED) is 0.681. The van der Waals surface area contributed by atoms with E-state index in [-0.39, 0.29) is 6.04 Å². The third-order valence-corrected chi connectivity index (χ3v) is 3.12. The van der Waals surface area contributed by atoms with Crippen molar-refractivity contribution >= 4 is 11.6 Å². The smallest absolute Gasteiger partial charge is 0.161 e. The Hall–Kier alpha value is -1.19. The van der Waals surface area contributed by atoms with E-state index in [0.717, 1.165) is 29.9 Å². The van der Waals surface area contributed by atoms with Gasteiger partial charge in [-0.25, -0.2) is 0 Å². The summed E-state index contributed by atoms with van der Waals surface area (Å²) in [7, 11) is 0. The molecule has 118 valence electrons. The van der Waals surface area contributed by atoms with E-state index in [9.17, 15) is 0 Å². The van der Waals surface area contributed by atoms with Crippen LogP contribution in [0, 0.1) is 0 Å². The van der Waals surface area contributed by atoms with Gasteiger partial charge in [-0.05, 0) is 37.5 Å². The summed E-state index contributed by atoms with van der Waals surface area (Å²) in [5.41, 5.74) is 1.14. The molecule has 0 saturated heterocycles. The van der Waals surface area contributed by atoms with Crippen molar-refractivity contribution < 1.29 is 9.47 Å². The first-order valence-corrected chi connectivity index (χ1v) is 7.92. The van der Waals surface area contributed by atoms with Crippen LogP contribution in [0.3, 0.4) is 0 Å². The molecule has 1 unspecified atom stereocenters. The van der Waals surface area contributed by atoms with Gasteiger partial charge in [0.1, 0.15) is 0 Å². The van der Waals surface area contributed by atoms with Crippen molar-refractivity contribution in [2.24, 2.45) is 0 Å². The van der Waals surface area contributed by atoms with E-state index in [1.165, 1.54) is 0 Å². The largest absolute Gasteiger partial charge is 0.490 e. The van der Waals surface area contributed by atoms with Gasteiger partial charge < -0.3 is 14.8 Å². The summed E-state index contributed by atoms with van der Waals surface area (Å²) in [6, 6.07) is 6.24. The van der Waals surface area contributed by atoms with Crippen LogP contribution in [0.25, 0.3) is 0 Å². The summed E-state index contributed by atoms with van der Waals surface area (Å²) in [5.74, 6) is 1.61. The predicted octanol–water partition coefficient (Wildman–Crippen LogP) is 4.67. The first-order valence-electron chi connectivity index (χ1n) is 7.54. The first kappa shape index (κ1) is 17.9. The van der Waals surface area contributed by atoms with E-state index in [1.54, 1.807) is 0 Å². The Morgan fingerprint density at radius 1 is 1.19 bits per heavy atom. The fourth-order valence-corrected chi connectivity index (χ4v) is 1.91. The molecule has 4 heteroatoms. The summed E-state index contributed by atoms with van der Waals surface area (Å²) in [6.07, 6.45) is 1.95. The molecule has 21 heavy (non-hydrogen) atoms. The normalized spacial score (nSPS) is 12.0. The Kier molecular flexibility index (Phi) is 8.24. The Morgan fingerprint density at radius 3 is 2.38 bits per heavy atom. The molecule has 1 aromatic carbocycles. The Balaban J connectivity index is 2.83. The van der Waals surface area contributed by atoms with Crippen molar-refractivity contribution in [3.63, 3.8) is 0 Å². The van der Waals surface area contributed by atoms with Crippen LogP contribution in [-0.4, -0.2) is 19.8 Å². The van der Waals surface area contributed by atoms with Gasteiger partial charge in [0.15, 0.2) is 11.5 Å². The minimum Gasteiger partial charge on any atom is -0.490 e. The molecule has 0 aromatic heterocycles. The van der Waals surface area contributed by atoms with Crippen LogP contribution in [-0.2, 0) is 0 Å². The summed E-state index contributed by atoms with van der Waals surface area (Å²) in [4.78, 5) is 0. The minimum atomic E-state index is 0.171. The second kappa shape index (κ2) is 9.69. The molecule has 0 amide bonds. The van der Waals surface area contributed by atoms with Gasteiger partial charge in [-0.1, -0.05) is 38.1 Å². The second-order valence-corrected chi connectivity index (χ2v) is 5.56. The van der Waals surface area contributed by atoms with Crippen LogP contribution in [0.2, 0.25) is 0 Å². The van der Waals surface area contributed by atoms with Crippen molar-refractivity contribution in [1.29, 1.82) is 0 Å². The Bertz CT molecular complexity index is 448. The molecule has 0 aliphatic rings. The molecule has 1 rings (SSSR count). The number of nitrogens with one attached hydrogen (secondary N) is 1. The van der Waals surface area contributed by atoms with Crippen LogP contribution in [0.4, 0.5) is 0 Å². The molecule has 0 aliphatic heterocycles. The molecule has 1 aromatic rings. The summed E-state index contributed by atoms with van der Waals surface area (Å²) in [5, 5.41) is 3.92. The number of rotatable bonds is 10. The van der Waals surface area contributed by atoms with Crippen molar-refractivity contribution in [3.8, 4) is 11.5 Å². The molecule has 0 saturated carbocycles. The van der Waals surface area contributed by atoms with Gasteiger partial charge >= 0.3 is 0 Å². The van der Waals surface area contributed by atoms with Gasteiger partial charge in [-0.15, -0.1) is 0 Å². The van der Waals surface area contributed by atoms with Crippen LogP contribution in [0.15, 0.2) is 29.8 Å². The topological polar surface area (TPSA) is 30.5 Å². The van der Waals surface area contributed by atoms with Crippen LogP contribution in [0.5, 0.6) is 11.5 Å². The third kappa shape index (κ3) is 6.40. The lowest BCUT2D eigenvalue weighted by atomic mass is 10.1. The summed E-state index contributed by atoms with van der Waals surface area (Å²) in [6.45, 7) is 11.9. The maximum Gasteiger partial charge on any atom is 0.161 e. The van der Waals surface area contributed by atoms with Crippen LogP contribution >= 0.6 is 11.6 Å². The highest BCUT2D eigenvalue weighted by molar-refractivity contribution is 6.29. The molecule has 0 bridgehead atoms. The fourth-order valence-electron chi connectivity index (χ4n) is 1.83. The first-order chi connectivity index (χ1) is 10.1. The molecule has 0 heterocycles. The fraction of sp³-hybridized carbons (Fsp3) is 0.529. The SMILES string of the molecule is C=C(Cl)CNC(C)c1ccc(OCCC)c(OCCC)c1. The second-order valence-electron chi connectivity index (χ2n) is 5.02. The van der Waals surface area contributed by atoms with E-state index < -0.39 is 0 Å². The van der Waals surface area contributed by atoms with E-state index in [0.29, 0.717) is 24.8 Å². The molecule has 0 radical (unpaired) electrons. The maximum atomic E-state index is 5.80. The maximum absolute atomic E-state index is 5.80. The number of hydrogen-bond acceptors (Lipinski definition) is 3. The average Bonchev–Trinajstić information content (AvgIpc) is 2.48. The van der Waals surface area contributed by atoms with Crippen molar-refractivity contribution in [2.75, 3.05) is 19.8 Å². The lowest BCUT2D eigenvalue weighted by molar-refractivity contribution is 0.268. The number of hydrogen-bond donors (Lipinski definition) is 1. The standard InChI is InChI=1S/C17H26ClNO2/c1-5-9-20-16-8-7-15(11-17(16)21-10-6-2)14(4)19-12-13(3)18/h7-8,11,14,19H,3,5-6,9-10,12H2,1-2,4H3. The predicted molar refractivity (Wildman–Crippen MR) is 89.4 cm³/mol. The Morgan fingerprint density at radius 2 is 1.81 bits per heavy atom. The van der Waals surface area contributed by atoms with E-state index in [1.807, 2.05) is 12.1 Å². The molecule has 0 aliphatic carbocycles. The van der Waals surface area contributed by atoms with Gasteiger partial charge in [0.05, 0.1) is 13.2 Å². The lowest BCUT2D eigenvalue weighted by Gasteiger charge is -2.17. The van der Waals surface area contributed by atoms with E-state index >= 15 is 0 Å². The zero-order valence-corrected chi connectivity index (χ0v) is 14.0. The summed E-state index contributed by atoms with van der Waals surface area (Å²) < 4.78 is 11.5. The molecule has 0 spiro atoms. The van der Waals surface area contributed by atoms with Crippen molar-refractivity contribution in [3.05, 3.63) is 35.4 Å². The summed E-state index contributed by atoms with van der Waals surface area (Å²) >= 11 is 5.79. The zero-order chi connectivity index (χ0) is 15.7. The molecular weight excluding hydrogens is 286 g/mol. The van der Waals surface area contributed by atoms with E-state index in [2.05, 4.69) is 38.7 Å². The number of ether oxygens (including phenoxy) is 2. The van der Waals surface area contributed by atoms with Crippen LogP contribution < -0.4 is 14.8 Å².